The fraction of sp³-hybridized carbons (Fsp3) is 0.273. The molecule has 166 valence electrons. The SMILES string of the molecule is Cc1nc2sc([C@@H](c3ccc(F)c(F)c3)N3CCN(c4cccc(Cl)c4)CC3)c(O)n2n1. The molecule has 0 aliphatic carbocycles. The smallest absolute Gasteiger partial charge is 0.230 e. The third kappa shape index (κ3) is 3.80. The van der Waals surface area contributed by atoms with Gasteiger partial charge in [0, 0.05) is 36.9 Å². The van der Waals surface area contributed by atoms with Gasteiger partial charge in [-0.2, -0.15) is 4.52 Å². The molecule has 0 radical (unpaired) electrons. The first kappa shape index (κ1) is 21.1. The summed E-state index contributed by atoms with van der Waals surface area (Å²) in [6, 6.07) is 11.1. The highest BCUT2D eigenvalue weighted by Gasteiger charge is 2.32. The van der Waals surface area contributed by atoms with Crippen LogP contribution in [0.5, 0.6) is 5.88 Å². The number of nitrogens with zero attached hydrogens (tertiary/aromatic N) is 5. The molecule has 1 fully saturated rings. The summed E-state index contributed by atoms with van der Waals surface area (Å²) in [5.41, 5.74) is 1.61. The van der Waals surface area contributed by atoms with Gasteiger partial charge in [0.1, 0.15) is 5.82 Å². The second-order valence-corrected chi connectivity index (χ2v) is 9.17. The highest BCUT2D eigenvalue weighted by Crippen LogP contribution is 2.40. The van der Waals surface area contributed by atoms with Crippen LogP contribution in [0, 0.1) is 18.6 Å². The number of aryl methyl sites for hydroxylation is 1. The van der Waals surface area contributed by atoms with Gasteiger partial charge in [0.2, 0.25) is 10.8 Å². The topological polar surface area (TPSA) is 56.9 Å². The van der Waals surface area contributed by atoms with Crippen molar-refractivity contribution in [3.63, 3.8) is 0 Å². The zero-order valence-corrected chi connectivity index (χ0v) is 18.7. The summed E-state index contributed by atoms with van der Waals surface area (Å²) < 4.78 is 29.2. The van der Waals surface area contributed by atoms with Crippen molar-refractivity contribution in [3.05, 3.63) is 75.4 Å². The van der Waals surface area contributed by atoms with E-state index >= 15 is 0 Å². The number of rotatable bonds is 4. The highest BCUT2D eigenvalue weighted by molar-refractivity contribution is 7.17. The Morgan fingerprint density at radius 3 is 2.53 bits per heavy atom. The van der Waals surface area contributed by atoms with Crippen LogP contribution in [-0.2, 0) is 0 Å². The molecule has 0 unspecified atom stereocenters. The van der Waals surface area contributed by atoms with E-state index in [0.717, 1.165) is 24.8 Å². The molecule has 1 saturated heterocycles. The Morgan fingerprint density at radius 1 is 1.06 bits per heavy atom. The average Bonchev–Trinajstić information content (AvgIpc) is 3.28. The molecule has 4 aromatic rings. The van der Waals surface area contributed by atoms with Gasteiger partial charge in [-0.15, -0.1) is 5.10 Å². The monoisotopic (exact) mass is 475 g/mol. The van der Waals surface area contributed by atoms with E-state index in [9.17, 15) is 13.9 Å². The number of hydrogen-bond acceptors (Lipinski definition) is 6. The summed E-state index contributed by atoms with van der Waals surface area (Å²) in [6.07, 6.45) is 0. The second kappa shape index (κ2) is 8.31. The lowest BCUT2D eigenvalue weighted by molar-refractivity contribution is 0.210. The molecular formula is C22H20ClF2N5OS. The van der Waals surface area contributed by atoms with Crippen molar-refractivity contribution >= 4 is 33.6 Å². The molecule has 1 N–H and O–H groups in total. The third-order valence-electron chi connectivity index (χ3n) is 5.67. The molecular weight excluding hydrogens is 456 g/mol. The predicted octanol–water partition coefficient (Wildman–Crippen LogP) is 4.65. The van der Waals surface area contributed by atoms with Gasteiger partial charge in [-0.3, -0.25) is 4.90 Å². The van der Waals surface area contributed by atoms with Crippen LogP contribution in [0.1, 0.15) is 22.3 Å². The van der Waals surface area contributed by atoms with Crippen LogP contribution in [0.2, 0.25) is 5.02 Å². The molecule has 32 heavy (non-hydrogen) atoms. The van der Waals surface area contributed by atoms with E-state index in [2.05, 4.69) is 19.9 Å². The fourth-order valence-electron chi connectivity index (χ4n) is 4.15. The van der Waals surface area contributed by atoms with Gasteiger partial charge >= 0.3 is 0 Å². The van der Waals surface area contributed by atoms with Gasteiger partial charge in [-0.05, 0) is 42.8 Å². The van der Waals surface area contributed by atoms with Crippen molar-refractivity contribution < 1.29 is 13.9 Å². The molecule has 0 bridgehead atoms. The second-order valence-electron chi connectivity index (χ2n) is 7.72. The Balaban J connectivity index is 1.49. The number of piperazine rings is 1. The number of halogens is 3. The standard InChI is InChI=1S/C22H20ClF2N5OS/c1-13-26-22-30(27-13)21(31)20(32-22)19(14-5-6-17(24)18(25)11-14)29-9-7-28(8-10-29)16-4-2-3-15(23)12-16/h2-6,11-12,19,31H,7-10H2,1H3/t19-/m1/s1. The highest BCUT2D eigenvalue weighted by atomic mass is 35.5. The van der Waals surface area contributed by atoms with Crippen molar-refractivity contribution in [2.45, 2.75) is 13.0 Å². The zero-order valence-electron chi connectivity index (χ0n) is 17.2. The quantitative estimate of drug-likeness (QED) is 0.465. The average molecular weight is 476 g/mol. The van der Waals surface area contributed by atoms with Gasteiger partial charge in [0.25, 0.3) is 0 Å². The van der Waals surface area contributed by atoms with Crippen molar-refractivity contribution in [1.29, 1.82) is 0 Å². The fourth-order valence-corrected chi connectivity index (χ4v) is 5.50. The third-order valence-corrected chi connectivity index (χ3v) is 6.97. The Hall–Kier alpha value is -2.75. The summed E-state index contributed by atoms with van der Waals surface area (Å²) in [5, 5.41) is 15.8. The van der Waals surface area contributed by atoms with Crippen LogP contribution in [0.3, 0.4) is 0 Å². The van der Waals surface area contributed by atoms with Crippen LogP contribution in [0.4, 0.5) is 14.5 Å². The molecule has 3 heterocycles. The minimum Gasteiger partial charge on any atom is -0.492 e. The summed E-state index contributed by atoms with van der Waals surface area (Å²) in [4.78, 5) is 9.89. The van der Waals surface area contributed by atoms with Crippen molar-refractivity contribution in [1.82, 2.24) is 19.5 Å². The van der Waals surface area contributed by atoms with Crippen LogP contribution >= 0.6 is 22.9 Å². The molecule has 1 aliphatic heterocycles. The molecule has 1 atom stereocenters. The Kier molecular flexibility index (Phi) is 5.48. The minimum atomic E-state index is -0.917. The molecule has 0 spiro atoms. The summed E-state index contributed by atoms with van der Waals surface area (Å²) in [6.45, 7) is 4.51. The Labute approximate surface area is 192 Å². The summed E-state index contributed by atoms with van der Waals surface area (Å²) >= 11 is 7.44. The van der Waals surface area contributed by atoms with Gasteiger partial charge in [-0.25, -0.2) is 13.8 Å². The molecule has 1 aliphatic rings. The lowest BCUT2D eigenvalue weighted by Crippen LogP contribution is -2.47. The maximum absolute atomic E-state index is 14.1. The summed E-state index contributed by atoms with van der Waals surface area (Å²) in [7, 11) is 0. The summed E-state index contributed by atoms with van der Waals surface area (Å²) in [5.74, 6) is -1.30. The van der Waals surface area contributed by atoms with Gasteiger partial charge in [-0.1, -0.05) is 35.1 Å². The Morgan fingerprint density at radius 2 is 1.84 bits per heavy atom. The van der Waals surface area contributed by atoms with Gasteiger partial charge in [0.05, 0.1) is 10.9 Å². The molecule has 0 saturated carbocycles. The number of aromatic hydroxyl groups is 1. The molecule has 5 rings (SSSR count). The number of benzene rings is 2. The van der Waals surface area contributed by atoms with E-state index < -0.39 is 17.7 Å². The van der Waals surface area contributed by atoms with Gasteiger partial charge in [0.15, 0.2) is 11.6 Å². The molecule has 6 nitrogen and oxygen atoms in total. The number of thiazole rings is 1. The molecule has 10 heteroatoms. The van der Waals surface area contributed by atoms with E-state index in [1.165, 1.54) is 21.9 Å². The molecule has 2 aromatic heterocycles. The molecule has 2 aromatic carbocycles. The first-order valence-electron chi connectivity index (χ1n) is 10.2. The lowest BCUT2D eigenvalue weighted by Gasteiger charge is -2.40. The molecule has 0 amide bonds. The number of anilines is 1. The normalized spacial score (nSPS) is 16.1. The van der Waals surface area contributed by atoms with Crippen molar-refractivity contribution in [2.75, 3.05) is 31.1 Å². The largest absolute Gasteiger partial charge is 0.492 e. The zero-order chi connectivity index (χ0) is 22.4. The maximum atomic E-state index is 14.1. The van der Waals surface area contributed by atoms with E-state index in [-0.39, 0.29) is 5.88 Å². The van der Waals surface area contributed by atoms with E-state index in [4.69, 9.17) is 11.6 Å². The van der Waals surface area contributed by atoms with E-state index in [1.807, 2.05) is 24.3 Å². The van der Waals surface area contributed by atoms with Crippen LogP contribution < -0.4 is 4.90 Å². The number of aromatic nitrogens is 3. The van der Waals surface area contributed by atoms with E-state index in [1.54, 1.807) is 13.0 Å². The number of hydrogen-bond donors (Lipinski definition) is 1. The predicted molar refractivity (Wildman–Crippen MR) is 121 cm³/mol. The minimum absolute atomic E-state index is 0.0300. The van der Waals surface area contributed by atoms with Crippen LogP contribution in [0.15, 0.2) is 42.5 Å². The van der Waals surface area contributed by atoms with Crippen LogP contribution in [0.25, 0.3) is 4.96 Å². The number of fused-ring (bicyclic) bond motifs is 1. The van der Waals surface area contributed by atoms with Crippen molar-refractivity contribution in [3.8, 4) is 5.88 Å². The van der Waals surface area contributed by atoms with Crippen molar-refractivity contribution in [2.24, 2.45) is 0 Å². The van der Waals surface area contributed by atoms with E-state index in [0.29, 0.717) is 39.3 Å². The lowest BCUT2D eigenvalue weighted by atomic mass is 10.0. The van der Waals surface area contributed by atoms with Crippen LogP contribution in [-0.4, -0.2) is 50.8 Å². The Bertz CT molecular complexity index is 1280. The first-order valence-corrected chi connectivity index (χ1v) is 11.3. The van der Waals surface area contributed by atoms with Gasteiger partial charge < -0.3 is 10.0 Å². The first-order chi connectivity index (χ1) is 15.4. The maximum Gasteiger partial charge on any atom is 0.230 e.